The van der Waals surface area contributed by atoms with Gasteiger partial charge in [-0.25, -0.2) is 5.01 Å². The van der Waals surface area contributed by atoms with Crippen LogP contribution < -0.4 is 5.32 Å². The summed E-state index contributed by atoms with van der Waals surface area (Å²) in [5, 5.41) is 8.50. The maximum atomic E-state index is 13.5. The molecule has 1 aliphatic rings. The molecular formula is C27H29ClF3N3O3. The molecule has 10 heteroatoms. The van der Waals surface area contributed by atoms with E-state index in [1.165, 1.54) is 18.2 Å². The third-order valence-corrected chi connectivity index (χ3v) is 6.35. The number of carbonyl (C=O) groups excluding carboxylic acids is 3. The highest BCUT2D eigenvalue weighted by molar-refractivity contribution is 6.30. The minimum atomic E-state index is -4.60. The Balaban J connectivity index is 1.79. The molecule has 0 aromatic heterocycles. The molecule has 1 saturated carbocycles. The Kier molecular flexibility index (Phi) is 9.48. The van der Waals surface area contributed by atoms with Crippen molar-refractivity contribution in [2.75, 3.05) is 6.54 Å². The molecule has 6 nitrogen and oxygen atoms in total. The van der Waals surface area contributed by atoms with Crippen molar-refractivity contribution in [3.63, 3.8) is 0 Å². The van der Waals surface area contributed by atoms with Gasteiger partial charge in [0.2, 0.25) is 11.8 Å². The van der Waals surface area contributed by atoms with Gasteiger partial charge >= 0.3 is 6.18 Å². The summed E-state index contributed by atoms with van der Waals surface area (Å²) in [4.78, 5) is 38.4. The van der Waals surface area contributed by atoms with Crippen molar-refractivity contribution in [1.29, 1.82) is 0 Å². The van der Waals surface area contributed by atoms with E-state index in [0.717, 1.165) is 23.9 Å². The van der Waals surface area contributed by atoms with Crippen LogP contribution in [0.4, 0.5) is 13.2 Å². The second-order valence-electron chi connectivity index (χ2n) is 9.09. The number of nitrogens with one attached hydrogen (secondary N) is 1. The zero-order chi connectivity index (χ0) is 27.2. The minimum absolute atomic E-state index is 0.0251. The quantitative estimate of drug-likeness (QED) is 0.308. The van der Waals surface area contributed by atoms with Crippen LogP contribution in [0.5, 0.6) is 0 Å². The van der Waals surface area contributed by atoms with Gasteiger partial charge in [-0.2, -0.15) is 18.3 Å². The normalized spacial score (nSPS) is 14.7. The smallest absolute Gasteiger partial charge is 0.344 e. The highest BCUT2D eigenvalue weighted by Gasteiger charge is 2.34. The van der Waals surface area contributed by atoms with Crippen LogP contribution >= 0.6 is 11.6 Å². The van der Waals surface area contributed by atoms with Gasteiger partial charge in [0.1, 0.15) is 6.54 Å². The third-order valence-electron chi connectivity index (χ3n) is 6.09. The second kappa shape index (κ2) is 12.4. The van der Waals surface area contributed by atoms with Crippen LogP contribution in [0.3, 0.4) is 0 Å². The van der Waals surface area contributed by atoms with Crippen LogP contribution in [-0.2, 0) is 27.0 Å². The van der Waals surface area contributed by atoms with E-state index in [0.29, 0.717) is 16.3 Å². The van der Waals surface area contributed by atoms with E-state index in [2.05, 4.69) is 10.4 Å². The Morgan fingerprint density at radius 1 is 1.11 bits per heavy atom. The summed E-state index contributed by atoms with van der Waals surface area (Å²) in [7, 11) is 0. The van der Waals surface area contributed by atoms with Gasteiger partial charge in [0.05, 0.1) is 17.3 Å². The van der Waals surface area contributed by atoms with E-state index in [-0.39, 0.29) is 36.7 Å². The van der Waals surface area contributed by atoms with E-state index < -0.39 is 36.0 Å². The lowest BCUT2D eigenvalue weighted by Gasteiger charge is -2.22. The summed E-state index contributed by atoms with van der Waals surface area (Å²) >= 11 is 5.94. The van der Waals surface area contributed by atoms with Crippen LogP contribution in [0, 0.1) is 5.92 Å². The molecule has 0 bridgehead atoms. The molecule has 1 atom stereocenters. The Morgan fingerprint density at radius 2 is 1.76 bits per heavy atom. The first-order chi connectivity index (χ1) is 17.5. The molecule has 0 unspecified atom stereocenters. The van der Waals surface area contributed by atoms with Crippen molar-refractivity contribution >= 4 is 34.9 Å². The number of amides is 2. The molecular weight excluding hydrogens is 507 g/mol. The number of Topliss-reactive ketones (excluding diaryl/α,β-unsaturated/α-hetero) is 1. The van der Waals surface area contributed by atoms with E-state index in [4.69, 9.17) is 11.6 Å². The number of ketones is 1. The first kappa shape index (κ1) is 28.4. The number of hydrogen-bond donors (Lipinski definition) is 1. The Hall–Kier alpha value is -3.20. The minimum Gasteiger partial charge on any atom is -0.344 e. The van der Waals surface area contributed by atoms with E-state index in [9.17, 15) is 27.6 Å². The summed E-state index contributed by atoms with van der Waals surface area (Å²) in [5.74, 6) is -1.20. The molecule has 3 rings (SSSR count). The number of rotatable bonds is 11. The molecule has 198 valence electrons. The molecule has 2 aromatic rings. The van der Waals surface area contributed by atoms with Crippen LogP contribution in [0.1, 0.15) is 56.2 Å². The predicted molar refractivity (Wildman–Crippen MR) is 135 cm³/mol. The molecule has 1 aliphatic carbocycles. The van der Waals surface area contributed by atoms with Gasteiger partial charge in [-0.15, -0.1) is 0 Å². The van der Waals surface area contributed by atoms with E-state index in [1.54, 1.807) is 38.1 Å². The highest BCUT2D eigenvalue weighted by atomic mass is 35.5. The molecule has 1 fully saturated rings. The fraction of sp³-hybridized carbons (Fsp3) is 0.407. The standard InChI is InChI=1S/C27H29ClF3N3O3/c1-3-24(35)23(15-20-6-4-5-7-22(20)27(29,30)31)32-25(36)16-34(26(37)14-18-8-9-18)33-17(2)19-10-12-21(28)13-11-19/h4-7,10-13,18,23H,3,8-9,14-16H2,1-2H3,(H,32,36)/b33-17+/t23-/m1/s1. The lowest BCUT2D eigenvalue weighted by atomic mass is 9.96. The van der Waals surface area contributed by atoms with Gasteiger partial charge < -0.3 is 5.32 Å². The predicted octanol–water partition coefficient (Wildman–Crippen LogP) is 5.42. The lowest BCUT2D eigenvalue weighted by molar-refractivity contribution is -0.139. The van der Waals surface area contributed by atoms with Crippen molar-refractivity contribution in [3.05, 3.63) is 70.2 Å². The molecule has 0 aliphatic heterocycles. The zero-order valence-corrected chi connectivity index (χ0v) is 21.4. The van der Waals surface area contributed by atoms with Gasteiger partial charge in [-0.05, 0) is 55.0 Å². The first-order valence-electron chi connectivity index (χ1n) is 12.1. The van der Waals surface area contributed by atoms with Crippen molar-refractivity contribution in [2.45, 2.75) is 58.2 Å². The van der Waals surface area contributed by atoms with Gasteiger partial charge in [0.15, 0.2) is 5.78 Å². The van der Waals surface area contributed by atoms with Crippen molar-refractivity contribution < 1.29 is 27.6 Å². The van der Waals surface area contributed by atoms with Crippen molar-refractivity contribution in [3.8, 4) is 0 Å². The number of halogens is 4. The van der Waals surface area contributed by atoms with E-state index in [1.807, 2.05) is 0 Å². The number of hydrazone groups is 1. The lowest BCUT2D eigenvalue weighted by Crippen LogP contribution is -2.47. The average molecular weight is 536 g/mol. The fourth-order valence-electron chi connectivity index (χ4n) is 3.85. The largest absolute Gasteiger partial charge is 0.416 e. The Bertz CT molecular complexity index is 1160. The molecule has 37 heavy (non-hydrogen) atoms. The molecule has 0 spiro atoms. The van der Waals surface area contributed by atoms with Crippen LogP contribution in [0.15, 0.2) is 53.6 Å². The first-order valence-corrected chi connectivity index (χ1v) is 12.4. The summed E-state index contributed by atoms with van der Waals surface area (Å²) in [6.45, 7) is 2.79. The Morgan fingerprint density at radius 3 is 2.35 bits per heavy atom. The maximum absolute atomic E-state index is 13.5. The van der Waals surface area contributed by atoms with Crippen molar-refractivity contribution in [1.82, 2.24) is 10.3 Å². The summed E-state index contributed by atoms with van der Waals surface area (Å²) < 4.78 is 40.4. The number of alkyl halides is 3. The fourth-order valence-corrected chi connectivity index (χ4v) is 3.97. The number of nitrogens with zero attached hydrogens (tertiary/aromatic N) is 2. The van der Waals surface area contributed by atoms with Crippen LogP contribution in [0.25, 0.3) is 0 Å². The summed E-state index contributed by atoms with van der Waals surface area (Å²) in [6, 6.07) is 10.6. The monoisotopic (exact) mass is 535 g/mol. The highest BCUT2D eigenvalue weighted by Crippen LogP contribution is 2.33. The van der Waals surface area contributed by atoms with Gasteiger partial charge in [-0.1, -0.05) is 48.9 Å². The molecule has 0 saturated heterocycles. The van der Waals surface area contributed by atoms with Gasteiger partial charge in [0.25, 0.3) is 0 Å². The summed E-state index contributed by atoms with van der Waals surface area (Å²) in [5.41, 5.74) is 0.230. The number of benzene rings is 2. The van der Waals surface area contributed by atoms with E-state index >= 15 is 0 Å². The van der Waals surface area contributed by atoms with Crippen molar-refractivity contribution in [2.24, 2.45) is 11.0 Å². The number of carbonyl (C=O) groups is 3. The van der Waals surface area contributed by atoms with Gasteiger partial charge in [0, 0.05) is 24.3 Å². The van der Waals surface area contributed by atoms with Crippen LogP contribution in [-0.4, -0.2) is 40.9 Å². The molecule has 0 radical (unpaired) electrons. The number of hydrogen-bond acceptors (Lipinski definition) is 4. The third kappa shape index (κ3) is 8.42. The topological polar surface area (TPSA) is 78.8 Å². The molecule has 2 aromatic carbocycles. The summed E-state index contributed by atoms with van der Waals surface area (Å²) in [6.07, 6.45) is -2.80. The molecule has 0 heterocycles. The van der Waals surface area contributed by atoms with Gasteiger partial charge in [-0.3, -0.25) is 14.4 Å². The second-order valence-corrected chi connectivity index (χ2v) is 9.53. The van der Waals surface area contributed by atoms with Crippen LogP contribution in [0.2, 0.25) is 5.02 Å². The SMILES string of the molecule is CCC(=O)[C@@H](Cc1ccccc1C(F)(F)F)NC(=O)CN(/N=C(\C)c1ccc(Cl)cc1)C(=O)CC1CC1. The Labute approximate surface area is 218 Å². The average Bonchev–Trinajstić information content (AvgIpc) is 3.66. The maximum Gasteiger partial charge on any atom is 0.416 e. The molecule has 1 N–H and O–H groups in total. The zero-order valence-electron chi connectivity index (χ0n) is 20.6. The molecule has 2 amide bonds.